The summed E-state index contributed by atoms with van der Waals surface area (Å²) < 4.78 is 30.5. The number of piperidine rings is 1. The summed E-state index contributed by atoms with van der Waals surface area (Å²) in [4.78, 5) is 26.4. The fourth-order valence-electron chi connectivity index (χ4n) is 4.00. The molecule has 0 N–H and O–H groups in total. The third-order valence-corrected chi connectivity index (χ3v) is 6.55. The van der Waals surface area contributed by atoms with E-state index in [1.54, 1.807) is 23.1 Å². The molecular weight excluding hydrogens is 368 g/mol. The van der Waals surface area contributed by atoms with E-state index >= 15 is 0 Å². The highest BCUT2D eigenvalue weighted by Crippen LogP contribution is 2.34. The molecule has 0 saturated carbocycles. The summed E-state index contributed by atoms with van der Waals surface area (Å²) in [5, 5.41) is 0. The molecule has 1 aromatic rings. The number of benzene rings is 1. The fraction of sp³-hybridized carbons (Fsp3) is 0.579. The minimum atomic E-state index is -3.37. The van der Waals surface area contributed by atoms with E-state index in [9.17, 15) is 18.0 Å². The Balaban J connectivity index is 1.67. The molecule has 27 heavy (non-hydrogen) atoms. The quantitative estimate of drug-likeness (QED) is 0.729. The third-order valence-electron chi connectivity index (χ3n) is 5.28. The van der Waals surface area contributed by atoms with Gasteiger partial charge in [-0.3, -0.25) is 9.10 Å². The van der Waals surface area contributed by atoms with Crippen LogP contribution in [0.4, 0.5) is 5.69 Å². The molecule has 1 amide bonds. The Morgan fingerprint density at radius 3 is 2.59 bits per heavy atom. The first-order valence-electron chi connectivity index (χ1n) is 9.27. The lowest BCUT2D eigenvalue weighted by atomic mass is 10.0. The van der Waals surface area contributed by atoms with Crippen molar-refractivity contribution in [2.45, 2.75) is 51.6 Å². The van der Waals surface area contributed by atoms with E-state index in [1.165, 1.54) is 10.6 Å². The normalized spacial score (nSPS) is 22.5. The molecule has 2 aliphatic rings. The number of carbonyl (C=O) groups excluding carboxylic acids is 2. The van der Waals surface area contributed by atoms with E-state index in [4.69, 9.17) is 4.74 Å². The van der Waals surface area contributed by atoms with Crippen LogP contribution in [-0.4, -0.2) is 56.7 Å². The number of rotatable bonds is 4. The SMILES string of the molecule is C[C@@H]1CCCCN1C(=O)COC(=O)c1ccc2c(c1)C[C@@H](C)N2S(C)(=O)=O. The highest BCUT2D eigenvalue weighted by molar-refractivity contribution is 7.92. The molecule has 2 atom stereocenters. The van der Waals surface area contributed by atoms with E-state index in [0.29, 0.717) is 24.2 Å². The van der Waals surface area contributed by atoms with Crippen LogP contribution in [0.15, 0.2) is 18.2 Å². The Hall–Kier alpha value is -2.09. The summed E-state index contributed by atoms with van der Waals surface area (Å²) in [6.45, 7) is 4.27. The summed E-state index contributed by atoms with van der Waals surface area (Å²) >= 11 is 0. The number of hydrogen-bond donors (Lipinski definition) is 0. The highest BCUT2D eigenvalue weighted by atomic mass is 32.2. The van der Waals surface area contributed by atoms with Crippen molar-refractivity contribution in [3.8, 4) is 0 Å². The summed E-state index contributed by atoms with van der Waals surface area (Å²) in [6, 6.07) is 4.82. The molecule has 148 valence electrons. The van der Waals surface area contributed by atoms with Gasteiger partial charge in [-0.1, -0.05) is 0 Å². The third kappa shape index (κ3) is 4.10. The Labute approximate surface area is 160 Å². The minimum absolute atomic E-state index is 0.173. The van der Waals surface area contributed by atoms with Crippen molar-refractivity contribution in [3.05, 3.63) is 29.3 Å². The van der Waals surface area contributed by atoms with Gasteiger partial charge in [0, 0.05) is 18.6 Å². The molecule has 0 radical (unpaired) electrons. The molecule has 1 aromatic carbocycles. The van der Waals surface area contributed by atoms with Gasteiger partial charge >= 0.3 is 5.97 Å². The Morgan fingerprint density at radius 1 is 1.19 bits per heavy atom. The number of nitrogens with zero attached hydrogens (tertiary/aromatic N) is 2. The van der Waals surface area contributed by atoms with Gasteiger partial charge < -0.3 is 9.64 Å². The van der Waals surface area contributed by atoms with Crippen LogP contribution in [0.25, 0.3) is 0 Å². The topological polar surface area (TPSA) is 84.0 Å². The molecule has 0 unspecified atom stereocenters. The second-order valence-electron chi connectivity index (χ2n) is 7.46. The van der Waals surface area contributed by atoms with E-state index in [-0.39, 0.29) is 24.6 Å². The lowest BCUT2D eigenvalue weighted by molar-refractivity contribution is -0.137. The number of anilines is 1. The maximum atomic E-state index is 12.3. The van der Waals surface area contributed by atoms with Crippen LogP contribution in [-0.2, 0) is 26.0 Å². The van der Waals surface area contributed by atoms with Gasteiger partial charge in [0.2, 0.25) is 10.0 Å². The zero-order chi connectivity index (χ0) is 19.8. The lowest BCUT2D eigenvalue weighted by Crippen LogP contribution is -2.44. The van der Waals surface area contributed by atoms with Crippen molar-refractivity contribution in [2.75, 3.05) is 23.7 Å². The van der Waals surface area contributed by atoms with Crippen LogP contribution in [0.2, 0.25) is 0 Å². The van der Waals surface area contributed by atoms with Gasteiger partial charge in [0.25, 0.3) is 5.91 Å². The van der Waals surface area contributed by atoms with Crippen molar-refractivity contribution in [1.82, 2.24) is 4.90 Å². The van der Waals surface area contributed by atoms with E-state index in [1.807, 2.05) is 13.8 Å². The first kappa shape index (κ1) is 19.7. The zero-order valence-electron chi connectivity index (χ0n) is 16.0. The number of ether oxygens (including phenoxy) is 1. The number of fused-ring (bicyclic) bond motifs is 1. The number of likely N-dealkylation sites (tertiary alicyclic amines) is 1. The Morgan fingerprint density at radius 2 is 1.93 bits per heavy atom. The molecule has 1 fully saturated rings. The molecule has 7 nitrogen and oxygen atoms in total. The van der Waals surface area contributed by atoms with Crippen molar-refractivity contribution in [3.63, 3.8) is 0 Å². The Kier molecular flexibility index (Phi) is 5.46. The molecule has 8 heteroatoms. The average molecular weight is 394 g/mol. The predicted octanol–water partition coefficient (Wildman–Crippen LogP) is 1.96. The summed E-state index contributed by atoms with van der Waals surface area (Å²) in [7, 11) is -3.37. The van der Waals surface area contributed by atoms with Crippen molar-refractivity contribution in [1.29, 1.82) is 0 Å². The minimum Gasteiger partial charge on any atom is -0.452 e. The number of hydrogen-bond acceptors (Lipinski definition) is 5. The lowest BCUT2D eigenvalue weighted by Gasteiger charge is -2.33. The second kappa shape index (κ2) is 7.50. The van der Waals surface area contributed by atoms with Gasteiger partial charge in [-0.25, -0.2) is 13.2 Å². The molecule has 2 heterocycles. The van der Waals surface area contributed by atoms with Gasteiger partial charge in [0.05, 0.1) is 17.5 Å². The summed E-state index contributed by atoms with van der Waals surface area (Å²) in [5.41, 5.74) is 1.72. The van der Waals surface area contributed by atoms with Crippen LogP contribution in [0.3, 0.4) is 0 Å². The number of carbonyl (C=O) groups is 2. The van der Waals surface area contributed by atoms with Crippen LogP contribution >= 0.6 is 0 Å². The zero-order valence-corrected chi connectivity index (χ0v) is 16.8. The molecule has 3 rings (SSSR count). The molecule has 0 aliphatic carbocycles. The standard InChI is InChI=1S/C19H26N2O5S/c1-13-6-4-5-9-20(13)18(22)12-26-19(23)15-7-8-17-16(11-15)10-14(2)21(17)27(3,24)25/h7-8,11,13-14H,4-6,9-10,12H2,1-3H3/t13-,14-/m1/s1. The van der Waals surface area contributed by atoms with Crippen LogP contribution in [0.1, 0.15) is 49.0 Å². The van der Waals surface area contributed by atoms with Gasteiger partial charge in [-0.05, 0) is 63.3 Å². The van der Waals surface area contributed by atoms with Crippen molar-refractivity contribution in [2.24, 2.45) is 0 Å². The first-order valence-corrected chi connectivity index (χ1v) is 11.1. The molecule has 1 saturated heterocycles. The maximum Gasteiger partial charge on any atom is 0.338 e. The largest absolute Gasteiger partial charge is 0.452 e. The Bertz CT molecular complexity index is 852. The first-order chi connectivity index (χ1) is 12.7. The van der Waals surface area contributed by atoms with E-state index in [0.717, 1.165) is 24.8 Å². The molecule has 0 bridgehead atoms. The van der Waals surface area contributed by atoms with Gasteiger partial charge in [-0.15, -0.1) is 0 Å². The number of sulfonamides is 1. The van der Waals surface area contributed by atoms with Crippen LogP contribution in [0.5, 0.6) is 0 Å². The molecule has 2 aliphatic heterocycles. The van der Waals surface area contributed by atoms with E-state index in [2.05, 4.69) is 0 Å². The van der Waals surface area contributed by atoms with Crippen molar-refractivity contribution < 1.29 is 22.7 Å². The fourth-order valence-corrected chi connectivity index (χ4v) is 5.26. The summed E-state index contributed by atoms with van der Waals surface area (Å²) in [6.07, 6.45) is 4.77. The van der Waals surface area contributed by atoms with Gasteiger partial charge in [0.15, 0.2) is 6.61 Å². The van der Waals surface area contributed by atoms with Crippen molar-refractivity contribution >= 4 is 27.6 Å². The smallest absolute Gasteiger partial charge is 0.338 e. The van der Waals surface area contributed by atoms with Crippen LogP contribution < -0.4 is 4.31 Å². The van der Waals surface area contributed by atoms with Gasteiger partial charge in [0.1, 0.15) is 0 Å². The van der Waals surface area contributed by atoms with Gasteiger partial charge in [-0.2, -0.15) is 0 Å². The predicted molar refractivity (Wildman–Crippen MR) is 102 cm³/mol. The molecular formula is C19H26N2O5S. The summed E-state index contributed by atoms with van der Waals surface area (Å²) in [5.74, 6) is -0.741. The second-order valence-corrected chi connectivity index (χ2v) is 9.32. The van der Waals surface area contributed by atoms with E-state index < -0.39 is 16.0 Å². The number of amides is 1. The highest BCUT2D eigenvalue weighted by Gasteiger charge is 2.33. The average Bonchev–Trinajstić information content (AvgIpc) is 2.94. The van der Waals surface area contributed by atoms with Crippen LogP contribution in [0, 0.1) is 0 Å². The number of esters is 1. The molecule has 0 spiro atoms. The molecule has 0 aromatic heterocycles. The maximum absolute atomic E-state index is 12.3. The monoisotopic (exact) mass is 394 g/mol.